The normalized spacial score (nSPS) is 46.0. The maximum Gasteiger partial charge on any atom is -0.0167 e. The van der Waals surface area contributed by atoms with E-state index in [-0.39, 0.29) is 0 Å². The van der Waals surface area contributed by atoms with Crippen LogP contribution < -0.4 is 0 Å². The zero-order chi connectivity index (χ0) is 6.27. The minimum absolute atomic E-state index is 0.806. The molecule has 9 heavy (non-hydrogen) atoms. The molecule has 3 unspecified atom stereocenters. The van der Waals surface area contributed by atoms with Gasteiger partial charge in [-0.25, -0.2) is 0 Å². The first kappa shape index (κ1) is 5.28. The van der Waals surface area contributed by atoms with Gasteiger partial charge in [0.15, 0.2) is 0 Å². The lowest BCUT2D eigenvalue weighted by Gasteiger charge is -2.11. The summed E-state index contributed by atoms with van der Waals surface area (Å²) in [5, 5.41) is 0. The van der Waals surface area contributed by atoms with Crippen molar-refractivity contribution in [1.82, 2.24) is 0 Å². The Balaban J connectivity index is 2.12. The molecule has 0 heteroatoms. The van der Waals surface area contributed by atoms with E-state index in [1.165, 1.54) is 12.8 Å². The third kappa shape index (κ3) is 0.735. The van der Waals surface area contributed by atoms with Gasteiger partial charge in [0.2, 0.25) is 0 Å². The van der Waals surface area contributed by atoms with E-state index in [1.54, 1.807) is 0 Å². The average Bonchev–Trinajstić information content (AvgIpc) is 2.64. The second-order valence-electron chi connectivity index (χ2n) is 3.13. The molecule has 0 aromatic rings. The van der Waals surface area contributed by atoms with Crippen LogP contribution in [0, 0.1) is 17.8 Å². The number of hydrogen-bond acceptors (Lipinski definition) is 0. The first-order valence-corrected chi connectivity index (χ1v) is 3.71. The Bertz CT molecular complexity index is 155. The van der Waals surface area contributed by atoms with E-state index in [4.69, 9.17) is 0 Å². The molecule has 0 aromatic heterocycles. The molecule has 0 N–H and O–H groups in total. The minimum Gasteiger partial charge on any atom is -0.103 e. The van der Waals surface area contributed by atoms with Crippen LogP contribution in [0.15, 0.2) is 24.8 Å². The Labute approximate surface area is 56.3 Å². The van der Waals surface area contributed by atoms with Gasteiger partial charge in [0.25, 0.3) is 0 Å². The van der Waals surface area contributed by atoms with Gasteiger partial charge < -0.3 is 0 Å². The first-order chi connectivity index (χ1) is 4.42. The molecule has 3 atom stereocenters. The number of hydrogen-bond donors (Lipinski definition) is 0. The molecular weight excluding hydrogens is 108 g/mol. The van der Waals surface area contributed by atoms with E-state index in [0.29, 0.717) is 0 Å². The van der Waals surface area contributed by atoms with Crippen molar-refractivity contribution in [3.63, 3.8) is 0 Å². The number of rotatable bonds is 1. The lowest BCUT2D eigenvalue weighted by atomic mass is 9.94. The Hall–Kier alpha value is -0.520. The van der Waals surface area contributed by atoms with E-state index in [0.717, 1.165) is 17.8 Å². The number of fused-ring (bicyclic) bond motifs is 1. The Morgan fingerprint density at radius 3 is 3.11 bits per heavy atom. The summed E-state index contributed by atoms with van der Waals surface area (Å²) in [6.45, 7) is 3.83. The Morgan fingerprint density at radius 2 is 2.44 bits per heavy atom. The lowest BCUT2D eigenvalue weighted by Crippen LogP contribution is -2.01. The van der Waals surface area contributed by atoms with Gasteiger partial charge in [-0.2, -0.15) is 0 Å². The number of allylic oxidation sites excluding steroid dienone is 3. The van der Waals surface area contributed by atoms with Crippen LogP contribution in [0.1, 0.15) is 12.8 Å². The molecule has 0 heterocycles. The topological polar surface area (TPSA) is 0 Å². The van der Waals surface area contributed by atoms with Crippen LogP contribution in [0.3, 0.4) is 0 Å². The van der Waals surface area contributed by atoms with Crippen LogP contribution in [0.2, 0.25) is 0 Å². The molecule has 2 rings (SSSR count). The molecule has 2 aliphatic carbocycles. The molecule has 0 amide bonds. The highest BCUT2D eigenvalue weighted by Crippen LogP contribution is 2.49. The van der Waals surface area contributed by atoms with Crippen molar-refractivity contribution < 1.29 is 0 Å². The summed E-state index contributed by atoms with van der Waals surface area (Å²) >= 11 is 0. The summed E-state index contributed by atoms with van der Waals surface area (Å²) in [7, 11) is 0. The molecule has 2 aliphatic rings. The van der Waals surface area contributed by atoms with Gasteiger partial charge in [0.1, 0.15) is 0 Å². The lowest BCUT2D eigenvalue weighted by molar-refractivity contribution is 0.539. The van der Waals surface area contributed by atoms with Crippen LogP contribution >= 0.6 is 0 Å². The van der Waals surface area contributed by atoms with Gasteiger partial charge in [-0.05, 0) is 30.6 Å². The average molecular weight is 120 g/mol. The Morgan fingerprint density at radius 1 is 1.56 bits per heavy atom. The zero-order valence-corrected chi connectivity index (χ0v) is 5.59. The second-order valence-corrected chi connectivity index (χ2v) is 3.13. The first-order valence-electron chi connectivity index (χ1n) is 3.71. The molecule has 0 radical (unpaired) electrons. The Kier molecular flexibility index (Phi) is 1.01. The summed E-state index contributed by atoms with van der Waals surface area (Å²) < 4.78 is 0. The smallest absolute Gasteiger partial charge is 0.0167 e. The van der Waals surface area contributed by atoms with E-state index in [2.05, 4.69) is 24.8 Å². The second kappa shape index (κ2) is 1.73. The maximum absolute atomic E-state index is 3.83. The third-order valence-electron chi connectivity index (χ3n) is 2.54. The van der Waals surface area contributed by atoms with E-state index >= 15 is 0 Å². The molecule has 0 aliphatic heterocycles. The van der Waals surface area contributed by atoms with Crippen LogP contribution in [-0.2, 0) is 0 Å². The van der Waals surface area contributed by atoms with Gasteiger partial charge in [-0.15, -0.1) is 6.58 Å². The zero-order valence-electron chi connectivity index (χ0n) is 5.59. The predicted octanol–water partition coefficient (Wildman–Crippen LogP) is 2.38. The van der Waals surface area contributed by atoms with Crippen molar-refractivity contribution in [1.29, 1.82) is 0 Å². The fourth-order valence-electron chi connectivity index (χ4n) is 1.81. The van der Waals surface area contributed by atoms with E-state index in [9.17, 15) is 0 Å². The summed E-state index contributed by atoms with van der Waals surface area (Å²) in [5.74, 6) is 2.72. The molecule has 0 aromatic carbocycles. The van der Waals surface area contributed by atoms with Gasteiger partial charge in [-0.3, -0.25) is 0 Å². The highest BCUT2D eigenvalue weighted by molar-refractivity contribution is 5.13. The summed E-state index contributed by atoms with van der Waals surface area (Å²) in [4.78, 5) is 0. The molecule has 48 valence electrons. The molecule has 0 nitrogen and oxygen atoms in total. The van der Waals surface area contributed by atoms with Crippen LogP contribution in [0.25, 0.3) is 0 Å². The SMILES string of the molecule is C=CC1CC=CC2CC12. The molecule has 0 saturated heterocycles. The molecule has 1 saturated carbocycles. The van der Waals surface area contributed by atoms with Crippen molar-refractivity contribution in [2.75, 3.05) is 0 Å². The van der Waals surface area contributed by atoms with E-state index in [1.807, 2.05) is 0 Å². The van der Waals surface area contributed by atoms with Gasteiger partial charge >= 0.3 is 0 Å². The van der Waals surface area contributed by atoms with Crippen molar-refractivity contribution in [3.05, 3.63) is 24.8 Å². The molecule has 0 bridgehead atoms. The minimum atomic E-state index is 0.806. The molecular formula is C9H12. The van der Waals surface area contributed by atoms with Crippen molar-refractivity contribution in [3.8, 4) is 0 Å². The summed E-state index contributed by atoms with van der Waals surface area (Å²) in [5.41, 5.74) is 0. The summed E-state index contributed by atoms with van der Waals surface area (Å²) in [6.07, 6.45) is 9.46. The standard InChI is InChI=1S/C9H12/c1-2-7-4-3-5-8-6-9(7)8/h2-3,5,7-9H,1,4,6H2. The fourth-order valence-corrected chi connectivity index (χ4v) is 1.81. The largest absolute Gasteiger partial charge is 0.103 e. The molecule has 0 spiro atoms. The third-order valence-corrected chi connectivity index (χ3v) is 2.54. The van der Waals surface area contributed by atoms with E-state index < -0.39 is 0 Å². The quantitative estimate of drug-likeness (QED) is 0.466. The van der Waals surface area contributed by atoms with Crippen LogP contribution in [-0.4, -0.2) is 0 Å². The fraction of sp³-hybridized carbons (Fsp3) is 0.556. The van der Waals surface area contributed by atoms with Crippen LogP contribution in [0.5, 0.6) is 0 Å². The maximum atomic E-state index is 3.83. The molecule has 1 fully saturated rings. The van der Waals surface area contributed by atoms with Crippen molar-refractivity contribution in [2.24, 2.45) is 17.8 Å². The van der Waals surface area contributed by atoms with Crippen molar-refractivity contribution in [2.45, 2.75) is 12.8 Å². The van der Waals surface area contributed by atoms with Gasteiger partial charge in [0.05, 0.1) is 0 Å². The van der Waals surface area contributed by atoms with Gasteiger partial charge in [-0.1, -0.05) is 18.2 Å². The monoisotopic (exact) mass is 120 g/mol. The van der Waals surface area contributed by atoms with Gasteiger partial charge in [0, 0.05) is 0 Å². The summed E-state index contributed by atoms with van der Waals surface area (Å²) in [6, 6.07) is 0. The predicted molar refractivity (Wildman–Crippen MR) is 39.0 cm³/mol. The highest BCUT2D eigenvalue weighted by Gasteiger charge is 2.41. The van der Waals surface area contributed by atoms with Crippen molar-refractivity contribution >= 4 is 0 Å². The van der Waals surface area contributed by atoms with Crippen LogP contribution in [0.4, 0.5) is 0 Å². The highest BCUT2D eigenvalue weighted by atomic mass is 14.5.